The maximum atomic E-state index is 13.7. The summed E-state index contributed by atoms with van der Waals surface area (Å²) in [5, 5.41) is 9.48. The van der Waals surface area contributed by atoms with E-state index in [1.165, 1.54) is 18.3 Å². The van der Waals surface area contributed by atoms with Crippen LogP contribution in [0.5, 0.6) is 0 Å². The van der Waals surface area contributed by atoms with Crippen LogP contribution in [0.3, 0.4) is 0 Å². The number of aliphatic hydroxyl groups excluding tert-OH is 1. The molecule has 1 heterocycles. The Morgan fingerprint density at radius 1 is 1.27 bits per heavy atom. The highest BCUT2D eigenvalue weighted by molar-refractivity contribution is 5.69. The van der Waals surface area contributed by atoms with E-state index in [0.717, 1.165) is 0 Å². The summed E-state index contributed by atoms with van der Waals surface area (Å²) >= 11 is 0. The first-order valence-electron chi connectivity index (χ1n) is 7.25. The number of anilines is 1. The topological polar surface area (TPSA) is 72.0 Å². The minimum atomic E-state index is -1.25. The molecule has 1 aromatic heterocycles. The number of aromatic nitrogens is 2. The second kappa shape index (κ2) is 5.96. The SMILES string of the molecule is Nc1ncc([C@H]2CC[C@H](O)[C@@H](F)C2)nc1-c1cccc(F)c1. The van der Waals surface area contributed by atoms with Crippen molar-refractivity contribution in [1.29, 1.82) is 0 Å². The molecule has 3 atom stereocenters. The van der Waals surface area contributed by atoms with Crippen LogP contribution < -0.4 is 5.73 Å². The fourth-order valence-corrected chi connectivity index (χ4v) is 2.83. The maximum absolute atomic E-state index is 13.7. The molecule has 6 heteroatoms. The first kappa shape index (κ1) is 14.8. The lowest BCUT2D eigenvalue weighted by Gasteiger charge is -2.28. The van der Waals surface area contributed by atoms with Gasteiger partial charge in [0.05, 0.1) is 18.0 Å². The van der Waals surface area contributed by atoms with Crippen LogP contribution in [-0.2, 0) is 0 Å². The van der Waals surface area contributed by atoms with Crippen LogP contribution in [0.2, 0.25) is 0 Å². The van der Waals surface area contributed by atoms with Crippen LogP contribution >= 0.6 is 0 Å². The van der Waals surface area contributed by atoms with Gasteiger partial charge in [0.15, 0.2) is 0 Å². The van der Waals surface area contributed by atoms with Gasteiger partial charge >= 0.3 is 0 Å². The second-order valence-corrected chi connectivity index (χ2v) is 5.63. The van der Waals surface area contributed by atoms with Crippen molar-refractivity contribution in [2.75, 3.05) is 5.73 Å². The molecule has 0 radical (unpaired) electrons. The smallest absolute Gasteiger partial charge is 0.150 e. The van der Waals surface area contributed by atoms with Crippen molar-refractivity contribution in [2.24, 2.45) is 0 Å². The van der Waals surface area contributed by atoms with Crippen LogP contribution in [0.15, 0.2) is 30.5 Å². The van der Waals surface area contributed by atoms with Crippen molar-refractivity contribution in [3.8, 4) is 11.3 Å². The van der Waals surface area contributed by atoms with E-state index in [-0.39, 0.29) is 24.0 Å². The first-order chi connectivity index (χ1) is 10.5. The highest BCUT2D eigenvalue weighted by Gasteiger charge is 2.31. The number of alkyl halides is 1. The van der Waals surface area contributed by atoms with Gasteiger partial charge in [0, 0.05) is 11.5 Å². The molecular formula is C16H17F2N3O. The molecule has 1 aromatic carbocycles. The summed E-state index contributed by atoms with van der Waals surface area (Å²) in [5.41, 5.74) is 7.41. The Morgan fingerprint density at radius 3 is 2.82 bits per heavy atom. The molecule has 2 aromatic rings. The monoisotopic (exact) mass is 305 g/mol. The molecule has 1 saturated carbocycles. The number of hydrogen-bond donors (Lipinski definition) is 2. The summed E-state index contributed by atoms with van der Waals surface area (Å²) in [7, 11) is 0. The maximum Gasteiger partial charge on any atom is 0.150 e. The number of hydrogen-bond acceptors (Lipinski definition) is 4. The van der Waals surface area contributed by atoms with Gasteiger partial charge in [-0.05, 0) is 31.4 Å². The number of nitrogens with two attached hydrogens (primary N) is 1. The minimum Gasteiger partial charge on any atom is -0.390 e. The fourth-order valence-electron chi connectivity index (χ4n) is 2.83. The molecule has 116 valence electrons. The van der Waals surface area contributed by atoms with Crippen molar-refractivity contribution < 1.29 is 13.9 Å². The third-order valence-electron chi connectivity index (χ3n) is 4.07. The van der Waals surface area contributed by atoms with E-state index >= 15 is 0 Å². The number of aliphatic hydroxyl groups is 1. The van der Waals surface area contributed by atoms with E-state index in [0.29, 0.717) is 29.8 Å². The Bertz CT molecular complexity index is 680. The van der Waals surface area contributed by atoms with Gasteiger partial charge in [0.2, 0.25) is 0 Å². The van der Waals surface area contributed by atoms with Crippen molar-refractivity contribution in [3.63, 3.8) is 0 Å². The van der Waals surface area contributed by atoms with Crippen LogP contribution in [-0.4, -0.2) is 27.4 Å². The number of rotatable bonds is 2. The third-order valence-corrected chi connectivity index (χ3v) is 4.07. The van der Waals surface area contributed by atoms with Gasteiger partial charge in [-0.1, -0.05) is 12.1 Å². The number of nitrogens with zero attached hydrogens (tertiary/aromatic N) is 2. The summed E-state index contributed by atoms with van der Waals surface area (Å²) in [4.78, 5) is 8.58. The fraction of sp³-hybridized carbons (Fsp3) is 0.375. The zero-order chi connectivity index (χ0) is 15.7. The van der Waals surface area contributed by atoms with Crippen molar-refractivity contribution in [1.82, 2.24) is 9.97 Å². The second-order valence-electron chi connectivity index (χ2n) is 5.63. The highest BCUT2D eigenvalue weighted by atomic mass is 19.1. The molecular weight excluding hydrogens is 288 g/mol. The number of nitrogen functional groups attached to an aromatic ring is 1. The standard InChI is InChI=1S/C16H17F2N3O/c17-11-3-1-2-10(6-11)15-16(19)20-8-13(21-15)9-4-5-14(22)12(18)7-9/h1-3,6,8-9,12,14,22H,4-5,7H2,(H2,19,20)/t9-,12-,14-/m0/s1. The van der Waals surface area contributed by atoms with Gasteiger partial charge in [-0.15, -0.1) is 0 Å². The van der Waals surface area contributed by atoms with Crippen LogP contribution in [0.1, 0.15) is 30.9 Å². The molecule has 0 amide bonds. The predicted molar refractivity (Wildman–Crippen MR) is 79.3 cm³/mol. The van der Waals surface area contributed by atoms with E-state index < -0.39 is 12.3 Å². The van der Waals surface area contributed by atoms with Gasteiger partial charge in [-0.2, -0.15) is 0 Å². The summed E-state index contributed by atoms with van der Waals surface area (Å²) in [5.74, 6) is -0.283. The molecule has 1 aliphatic carbocycles. The van der Waals surface area contributed by atoms with E-state index in [1.54, 1.807) is 12.1 Å². The molecule has 0 saturated heterocycles. The lowest BCUT2D eigenvalue weighted by Crippen LogP contribution is -2.30. The average molecular weight is 305 g/mol. The minimum absolute atomic E-state index is 0.112. The largest absolute Gasteiger partial charge is 0.390 e. The third kappa shape index (κ3) is 2.92. The summed E-state index contributed by atoms with van der Waals surface area (Å²) < 4.78 is 27.1. The molecule has 0 spiro atoms. The lowest BCUT2D eigenvalue weighted by atomic mass is 9.84. The molecule has 0 aliphatic heterocycles. The van der Waals surface area contributed by atoms with Gasteiger partial charge in [-0.3, -0.25) is 0 Å². The summed E-state index contributed by atoms with van der Waals surface area (Å²) in [6.45, 7) is 0. The van der Waals surface area contributed by atoms with Gasteiger partial charge in [-0.25, -0.2) is 18.7 Å². The van der Waals surface area contributed by atoms with E-state index in [2.05, 4.69) is 9.97 Å². The average Bonchev–Trinajstić information content (AvgIpc) is 2.50. The van der Waals surface area contributed by atoms with Crippen molar-refractivity contribution >= 4 is 5.82 Å². The number of halogens is 2. The van der Waals surface area contributed by atoms with E-state index in [4.69, 9.17) is 5.73 Å². The number of benzene rings is 1. The summed E-state index contributed by atoms with van der Waals surface area (Å²) in [6.07, 6.45) is 0.627. The van der Waals surface area contributed by atoms with Crippen molar-refractivity contribution in [2.45, 2.75) is 37.5 Å². The Labute approximate surface area is 127 Å². The van der Waals surface area contributed by atoms with Crippen LogP contribution in [0.25, 0.3) is 11.3 Å². The Balaban J connectivity index is 1.93. The molecule has 0 unspecified atom stereocenters. The highest BCUT2D eigenvalue weighted by Crippen LogP contribution is 2.35. The van der Waals surface area contributed by atoms with Gasteiger partial charge < -0.3 is 10.8 Å². The molecule has 3 rings (SSSR count). The molecule has 22 heavy (non-hydrogen) atoms. The molecule has 4 nitrogen and oxygen atoms in total. The lowest BCUT2D eigenvalue weighted by molar-refractivity contribution is 0.0363. The van der Waals surface area contributed by atoms with Gasteiger partial charge in [0.1, 0.15) is 23.5 Å². The van der Waals surface area contributed by atoms with Crippen LogP contribution in [0.4, 0.5) is 14.6 Å². The Kier molecular flexibility index (Phi) is 4.02. The van der Waals surface area contributed by atoms with E-state index in [1.807, 2.05) is 0 Å². The zero-order valence-electron chi connectivity index (χ0n) is 11.9. The zero-order valence-corrected chi connectivity index (χ0v) is 11.9. The summed E-state index contributed by atoms with van der Waals surface area (Å²) in [6, 6.07) is 5.96. The van der Waals surface area contributed by atoms with Crippen molar-refractivity contribution in [3.05, 3.63) is 42.0 Å². The van der Waals surface area contributed by atoms with Crippen LogP contribution in [0, 0.1) is 5.82 Å². The molecule has 0 bridgehead atoms. The molecule has 1 aliphatic rings. The Hall–Kier alpha value is -2.08. The van der Waals surface area contributed by atoms with E-state index in [9.17, 15) is 13.9 Å². The molecule has 1 fully saturated rings. The quantitative estimate of drug-likeness (QED) is 0.895. The first-order valence-corrected chi connectivity index (χ1v) is 7.25. The normalized spacial score (nSPS) is 25.1. The Morgan fingerprint density at radius 2 is 2.09 bits per heavy atom. The van der Waals surface area contributed by atoms with Gasteiger partial charge in [0.25, 0.3) is 0 Å². The molecule has 3 N–H and O–H groups in total. The predicted octanol–water partition coefficient (Wildman–Crippen LogP) is 2.83.